The Hall–Kier alpha value is -1.51. The SMILES string of the molecule is CC(=O)Nc1ccc(S(=O)(=O)NCC2CCCN2)c(F)c1. The lowest BCUT2D eigenvalue weighted by molar-refractivity contribution is -0.114. The molecule has 0 radical (unpaired) electrons. The number of anilines is 1. The van der Waals surface area contributed by atoms with Crippen molar-refractivity contribution < 1.29 is 17.6 Å². The van der Waals surface area contributed by atoms with Crippen LogP contribution in [0.5, 0.6) is 0 Å². The molecular weight excluding hydrogens is 297 g/mol. The topological polar surface area (TPSA) is 87.3 Å². The van der Waals surface area contributed by atoms with E-state index in [4.69, 9.17) is 0 Å². The van der Waals surface area contributed by atoms with E-state index in [9.17, 15) is 17.6 Å². The fraction of sp³-hybridized carbons (Fsp3) is 0.462. The van der Waals surface area contributed by atoms with Gasteiger partial charge in [0.25, 0.3) is 0 Å². The molecule has 3 N–H and O–H groups in total. The molecule has 21 heavy (non-hydrogen) atoms. The van der Waals surface area contributed by atoms with Crippen molar-refractivity contribution in [3.63, 3.8) is 0 Å². The number of rotatable bonds is 5. The third-order valence-corrected chi connectivity index (χ3v) is 4.68. The molecule has 1 saturated heterocycles. The number of benzene rings is 1. The van der Waals surface area contributed by atoms with Crippen molar-refractivity contribution in [3.8, 4) is 0 Å². The maximum absolute atomic E-state index is 13.9. The van der Waals surface area contributed by atoms with E-state index < -0.39 is 20.7 Å². The summed E-state index contributed by atoms with van der Waals surface area (Å²) in [5, 5.41) is 5.55. The number of hydrogen-bond donors (Lipinski definition) is 3. The molecule has 8 heteroatoms. The average Bonchev–Trinajstić information content (AvgIpc) is 2.88. The van der Waals surface area contributed by atoms with Gasteiger partial charge >= 0.3 is 0 Å². The lowest BCUT2D eigenvalue weighted by Crippen LogP contribution is -2.37. The summed E-state index contributed by atoms with van der Waals surface area (Å²) in [4.78, 5) is 10.5. The fourth-order valence-corrected chi connectivity index (χ4v) is 3.36. The van der Waals surface area contributed by atoms with Gasteiger partial charge in [-0.1, -0.05) is 0 Å². The summed E-state index contributed by atoms with van der Waals surface area (Å²) in [6.07, 6.45) is 1.90. The summed E-state index contributed by atoms with van der Waals surface area (Å²) in [6.45, 7) is 2.39. The standard InChI is InChI=1S/C13H18FN3O3S/c1-9(18)17-10-4-5-13(12(14)7-10)21(19,20)16-8-11-3-2-6-15-11/h4-5,7,11,15-16H,2-3,6,8H2,1H3,(H,17,18). The minimum absolute atomic E-state index is 0.0847. The molecule has 1 unspecified atom stereocenters. The highest BCUT2D eigenvalue weighted by atomic mass is 32.2. The maximum Gasteiger partial charge on any atom is 0.243 e. The van der Waals surface area contributed by atoms with Crippen LogP contribution in [-0.2, 0) is 14.8 Å². The molecule has 1 heterocycles. The third kappa shape index (κ3) is 4.23. The molecule has 1 amide bonds. The van der Waals surface area contributed by atoms with Gasteiger partial charge in [-0.05, 0) is 37.6 Å². The Bertz CT molecular complexity index is 628. The molecule has 1 aliphatic heterocycles. The molecule has 0 aliphatic carbocycles. The van der Waals surface area contributed by atoms with Gasteiger partial charge in [-0.15, -0.1) is 0 Å². The van der Waals surface area contributed by atoms with Crippen molar-refractivity contribution in [1.29, 1.82) is 0 Å². The Labute approximate surface area is 123 Å². The highest BCUT2D eigenvalue weighted by molar-refractivity contribution is 7.89. The predicted octanol–water partition coefficient (Wildman–Crippen LogP) is 0.814. The second-order valence-electron chi connectivity index (χ2n) is 4.97. The number of sulfonamides is 1. The number of nitrogens with one attached hydrogen (secondary N) is 3. The molecule has 1 aromatic carbocycles. The van der Waals surface area contributed by atoms with Gasteiger partial charge in [0.15, 0.2) is 0 Å². The largest absolute Gasteiger partial charge is 0.326 e. The molecule has 0 aromatic heterocycles. The maximum atomic E-state index is 13.9. The van der Waals surface area contributed by atoms with Gasteiger partial charge in [0, 0.05) is 25.2 Å². The lowest BCUT2D eigenvalue weighted by Gasteiger charge is -2.13. The van der Waals surface area contributed by atoms with Gasteiger partial charge in [-0.2, -0.15) is 0 Å². The fourth-order valence-electron chi connectivity index (χ4n) is 2.22. The number of carbonyl (C=O) groups excluding carboxylic acids is 1. The van der Waals surface area contributed by atoms with Crippen LogP contribution in [0, 0.1) is 5.82 Å². The van der Waals surface area contributed by atoms with Crippen molar-refractivity contribution in [2.24, 2.45) is 0 Å². The van der Waals surface area contributed by atoms with Crippen molar-refractivity contribution in [2.75, 3.05) is 18.4 Å². The van der Waals surface area contributed by atoms with Crippen LogP contribution >= 0.6 is 0 Å². The zero-order valence-electron chi connectivity index (χ0n) is 11.6. The molecule has 0 spiro atoms. The molecule has 6 nitrogen and oxygen atoms in total. The summed E-state index contributed by atoms with van der Waals surface area (Å²) in [6, 6.07) is 3.57. The summed E-state index contributed by atoms with van der Waals surface area (Å²) in [5.41, 5.74) is 0.219. The smallest absolute Gasteiger partial charge is 0.243 e. The van der Waals surface area contributed by atoms with Gasteiger partial charge in [0.1, 0.15) is 10.7 Å². The zero-order chi connectivity index (χ0) is 15.5. The Morgan fingerprint density at radius 1 is 1.48 bits per heavy atom. The highest BCUT2D eigenvalue weighted by Crippen LogP contribution is 2.19. The molecule has 116 valence electrons. The molecule has 1 atom stereocenters. The summed E-state index contributed by atoms with van der Waals surface area (Å²) < 4.78 is 40.5. The first-order chi connectivity index (χ1) is 9.88. The monoisotopic (exact) mass is 315 g/mol. The second-order valence-corrected chi connectivity index (χ2v) is 6.71. The second kappa shape index (κ2) is 6.50. The Kier molecular flexibility index (Phi) is 4.92. The van der Waals surface area contributed by atoms with Gasteiger partial charge < -0.3 is 10.6 Å². The Balaban J connectivity index is 2.09. The van der Waals surface area contributed by atoms with Crippen molar-refractivity contribution >= 4 is 21.6 Å². The minimum atomic E-state index is -3.90. The van der Waals surface area contributed by atoms with Crippen LogP contribution < -0.4 is 15.4 Å². The molecule has 1 aromatic rings. The van der Waals surface area contributed by atoms with Crippen molar-refractivity contribution in [1.82, 2.24) is 10.0 Å². The molecule has 0 bridgehead atoms. The normalized spacial score (nSPS) is 18.7. The lowest BCUT2D eigenvalue weighted by atomic mass is 10.2. The van der Waals surface area contributed by atoms with E-state index in [-0.39, 0.29) is 24.2 Å². The third-order valence-electron chi connectivity index (χ3n) is 3.22. The molecule has 1 fully saturated rings. The van der Waals surface area contributed by atoms with Crippen LogP contribution in [0.4, 0.5) is 10.1 Å². The average molecular weight is 315 g/mol. The summed E-state index contributed by atoms with van der Waals surface area (Å²) in [5.74, 6) is -1.25. The minimum Gasteiger partial charge on any atom is -0.326 e. The first-order valence-electron chi connectivity index (χ1n) is 6.69. The van der Waals surface area contributed by atoms with Gasteiger partial charge in [0.2, 0.25) is 15.9 Å². The first-order valence-corrected chi connectivity index (χ1v) is 8.17. The van der Waals surface area contributed by atoms with Crippen LogP contribution in [0.2, 0.25) is 0 Å². The number of hydrogen-bond acceptors (Lipinski definition) is 4. The van der Waals surface area contributed by atoms with E-state index >= 15 is 0 Å². The number of halogens is 1. The van der Waals surface area contributed by atoms with Crippen LogP contribution in [0.3, 0.4) is 0 Å². The first kappa shape index (κ1) is 15.9. The van der Waals surface area contributed by atoms with Crippen LogP contribution in [0.25, 0.3) is 0 Å². The van der Waals surface area contributed by atoms with Crippen LogP contribution in [0.15, 0.2) is 23.1 Å². The van der Waals surface area contributed by atoms with E-state index in [1.807, 2.05) is 0 Å². The van der Waals surface area contributed by atoms with Crippen LogP contribution in [0.1, 0.15) is 19.8 Å². The van der Waals surface area contributed by atoms with E-state index in [1.165, 1.54) is 13.0 Å². The Morgan fingerprint density at radius 2 is 2.24 bits per heavy atom. The van der Waals surface area contributed by atoms with Gasteiger partial charge in [0.05, 0.1) is 0 Å². The zero-order valence-corrected chi connectivity index (χ0v) is 12.5. The van der Waals surface area contributed by atoms with Crippen LogP contribution in [-0.4, -0.2) is 33.5 Å². The van der Waals surface area contributed by atoms with Crippen molar-refractivity contribution in [3.05, 3.63) is 24.0 Å². The highest BCUT2D eigenvalue weighted by Gasteiger charge is 2.22. The summed E-state index contributed by atoms with van der Waals surface area (Å²) >= 11 is 0. The van der Waals surface area contributed by atoms with E-state index in [0.29, 0.717) is 0 Å². The molecule has 1 aliphatic rings. The predicted molar refractivity (Wildman–Crippen MR) is 76.9 cm³/mol. The summed E-state index contributed by atoms with van der Waals surface area (Å²) in [7, 11) is -3.90. The van der Waals surface area contributed by atoms with E-state index in [1.54, 1.807) is 0 Å². The number of amides is 1. The Morgan fingerprint density at radius 3 is 2.81 bits per heavy atom. The number of carbonyl (C=O) groups is 1. The quantitative estimate of drug-likeness (QED) is 0.750. The van der Waals surface area contributed by atoms with E-state index in [2.05, 4.69) is 15.4 Å². The molecular formula is C13H18FN3O3S. The van der Waals surface area contributed by atoms with Gasteiger partial charge in [-0.25, -0.2) is 17.5 Å². The van der Waals surface area contributed by atoms with Crippen molar-refractivity contribution in [2.45, 2.75) is 30.7 Å². The van der Waals surface area contributed by atoms with E-state index in [0.717, 1.165) is 31.5 Å². The molecule has 2 rings (SSSR count). The molecule has 0 saturated carbocycles. The van der Waals surface area contributed by atoms with Gasteiger partial charge in [-0.3, -0.25) is 4.79 Å².